The molecule has 0 N–H and O–H groups in total. The highest BCUT2D eigenvalue weighted by Gasteiger charge is 2.09. The van der Waals surface area contributed by atoms with Gasteiger partial charge in [-0.3, -0.25) is 0 Å². The normalized spacial score (nSPS) is 10.5. The van der Waals surface area contributed by atoms with Gasteiger partial charge in [0, 0.05) is 11.8 Å². The van der Waals surface area contributed by atoms with Crippen LogP contribution < -0.4 is 0 Å². The van der Waals surface area contributed by atoms with Crippen molar-refractivity contribution in [1.82, 2.24) is 9.97 Å². The maximum atomic E-state index is 12.9. The van der Waals surface area contributed by atoms with Crippen molar-refractivity contribution >= 4 is 45.8 Å². The molecule has 0 saturated carbocycles. The fraction of sp³-hybridized carbons (Fsp3) is 0. The molecule has 82 valence electrons. The van der Waals surface area contributed by atoms with Crippen LogP contribution in [0.15, 0.2) is 24.4 Å². The van der Waals surface area contributed by atoms with Crippen LogP contribution in [0.1, 0.15) is 0 Å². The third-order valence-electron chi connectivity index (χ3n) is 1.87. The lowest BCUT2D eigenvalue weighted by Gasteiger charge is -2.03. The number of halogens is 4. The standard InChI is InChI=1S/C10H4Cl2FIN2/c11-7-3-5(13)1-2-6(7)10-15-4-8(14)9(12)16-10/h1-4H. The zero-order chi connectivity index (χ0) is 11.7. The fourth-order valence-electron chi connectivity index (χ4n) is 1.15. The Hall–Kier alpha value is -0.460. The first kappa shape index (κ1) is 12.0. The summed E-state index contributed by atoms with van der Waals surface area (Å²) in [6.45, 7) is 0. The molecule has 0 bridgehead atoms. The molecule has 0 atom stereocenters. The highest BCUT2D eigenvalue weighted by atomic mass is 127. The lowest BCUT2D eigenvalue weighted by molar-refractivity contribution is 0.628. The first-order chi connectivity index (χ1) is 7.58. The molecule has 0 aliphatic heterocycles. The van der Waals surface area contributed by atoms with E-state index in [1.807, 2.05) is 22.6 Å². The Labute approximate surface area is 115 Å². The summed E-state index contributed by atoms with van der Waals surface area (Å²) in [6, 6.07) is 4.04. The molecule has 1 aromatic carbocycles. The summed E-state index contributed by atoms with van der Waals surface area (Å²) in [5.41, 5.74) is 0.557. The Balaban J connectivity index is 2.54. The predicted molar refractivity (Wildman–Crippen MR) is 70.2 cm³/mol. The highest BCUT2D eigenvalue weighted by Crippen LogP contribution is 2.27. The largest absolute Gasteiger partial charge is 0.235 e. The maximum absolute atomic E-state index is 12.9. The summed E-state index contributed by atoms with van der Waals surface area (Å²) in [5, 5.41) is 0.614. The topological polar surface area (TPSA) is 25.8 Å². The summed E-state index contributed by atoms with van der Waals surface area (Å²) in [4.78, 5) is 8.16. The second-order valence-electron chi connectivity index (χ2n) is 2.96. The van der Waals surface area contributed by atoms with Crippen LogP contribution >= 0.6 is 45.8 Å². The quantitative estimate of drug-likeness (QED) is 0.557. The number of hydrogen-bond acceptors (Lipinski definition) is 2. The molecule has 0 saturated heterocycles. The second kappa shape index (κ2) is 4.81. The van der Waals surface area contributed by atoms with Gasteiger partial charge in [0.25, 0.3) is 0 Å². The van der Waals surface area contributed by atoms with Crippen LogP contribution in [0.4, 0.5) is 4.39 Å². The minimum atomic E-state index is -0.398. The van der Waals surface area contributed by atoms with E-state index in [-0.39, 0.29) is 5.02 Å². The molecule has 16 heavy (non-hydrogen) atoms. The van der Waals surface area contributed by atoms with Gasteiger partial charge in [-0.25, -0.2) is 14.4 Å². The van der Waals surface area contributed by atoms with Crippen molar-refractivity contribution in [3.8, 4) is 11.4 Å². The van der Waals surface area contributed by atoms with Crippen LogP contribution in [0.3, 0.4) is 0 Å². The smallest absolute Gasteiger partial charge is 0.162 e. The van der Waals surface area contributed by atoms with Crippen molar-refractivity contribution in [3.05, 3.63) is 44.0 Å². The minimum absolute atomic E-state index is 0.261. The Morgan fingerprint density at radius 2 is 2.00 bits per heavy atom. The van der Waals surface area contributed by atoms with Gasteiger partial charge in [0.05, 0.1) is 8.59 Å². The monoisotopic (exact) mass is 368 g/mol. The van der Waals surface area contributed by atoms with E-state index in [4.69, 9.17) is 23.2 Å². The van der Waals surface area contributed by atoms with Gasteiger partial charge in [0.2, 0.25) is 0 Å². The molecule has 2 nitrogen and oxygen atoms in total. The highest BCUT2D eigenvalue weighted by molar-refractivity contribution is 14.1. The molecule has 0 unspecified atom stereocenters. The van der Waals surface area contributed by atoms with Gasteiger partial charge in [-0.2, -0.15) is 0 Å². The zero-order valence-electron chi connectivity index (χ0n) is 7.72. The third kappa shape index (κ3) is 2.44. The average Bonchev–Trinajstić information content (AvgIpc) is 2.22. The van der Waals surface area contributed by atoms with Gasteiger partial charge in [0.15, 0.2) is 5.82 Å². The van der Waals surface area contributed by atoms with E-state index >= 15 is 0 Å². The van der Waals surface area contributed by atoms with Crippen LogP contribution in [0, 0.1) is 9.39 Å². The summed E-state index contributed by atoms with van der Waals surface area (Å²) in [6.07, 6.45) is 1.59. The van der Waals surface area contributed by atoms with Crippen molar-refractivity contribution in [2.24, 2.45) is 0 Å². The number of hydrogen-bond donors (Lipinski definition) is 0. The van der Waals surface area contributed by atoms with Crippen LogP contribution in [0.2, 0.25) is 10.2 Å². The Bertz CT molecular complexity index is 548. The lowest BCUT2D eigenvalue weighted by atomic mass is 10.2. The average molecular weight is 369 g/mol. The lowest BCUT2D eigenvalue weighted by Crippen LogP contribution is -1.92. The zero-order valence-corrected chi connectivity index (χ0v) is 11.4. The number of rotatable bonds is 1. The summed E-state index contributed by atoms with van der Waals surface area (Å²) in [5.74, 6) is -0.0132. The van der Waals surface area contributed by atoms with Crippen LogP contribution in [0.5, 0.6) is 0 Å². The Morgan fingerprint density at radius 1 is 1.25 bits per heavy atom. The van der Waals surface area contributed by atoms with E-state index in [1.165, 1.54) is 18.2 Å². The van der Waals surface area contributed by atoms with Gasteiger partial charge in [0.1, 0.15) is 11.0 Å². The van der Waals surface area contributed by atoms with Crippen LogP contribution in [-0.4, -0.2) is 9.97 Å². The number of benzene rings is 1. The van der Waals surface area contributed by atoms with E-state index in [0.29, 0.717) is 16.5 Å². The summed E-state index contributed by atoms with van der Waals surface area (Å²) < 4.78 is 13.6. The second-order valence-corrected chi connectivity index (χ2v) is 4.88. The first-order valence-corrected chi connectivity index (χ1v) is 6.05. The van der Waals surface area contributed by atoms with Crippen molar-refractivity contribution in [3.63, 3.8) is 0 Å². The third-order valence-corrected chi connectivity index (χ3v) is 3.58. The molecule has 0 spiro atoms. The van der Waals surface area contributed by atoms with E-state index < -0.39 is 5.82 Å². The van der Waals surface area contributed by atoms with Crippen molar-refractivity contribution in [2.45, 2.75) is 0 Å². The van der Waals surface area contributed by atoms with Gasteiger partial charge < -0.3 is 0 Å². The van der Waals surface area contributed by atoms with Crippen LogP contribution in [-0.2, 0) is 0 Å². The van der Waals surface area contributed by atoms with E-state index in [0.717, 1.165) is 3.57 Å². The molecular weight excluding hydrogens is 365 g/mol. The Kier molecular flexibility index (Phi) is 3.61. The first-order valence-electron chi connectivity index (χ1n) is 4.21. The molecule has 0 amide bonds. The predicted octanol–water partition coefficient (Wildman–Crippen LogP) is 4.19. The van der Waals surface area contributed by atoms with Gasteiger partial charge >= 0.3 is 0 Å². The van der Waals surface area contributed by atoms with Crippen molar-refractivity contribution in [2.75, 3.05) is 0 Å². The molecule has 1 aromatic heterocycles. The van der Waals surface area contributed by atoms with Crippen LogP contribution in [0.25, 0.3) is 11.4 Å². The van der Waals surface area contributed by atoms with Gasteiger partial charge in [-0.1, -0.05) is 23.2 Å². The van der Waals surface area contributed by atoms with E-state index in [9.17, 15) is 4.39 Å². The van der Waals surface area contributed by atoms with Gasteiger partial charge in [-0.05, 0) is 40.8 Å². The minimum Gasteiger partial charge on any atom is -0.235 e. The van der Waals surface area contributed by atoms with E-state index in [2.05, 4.69) is 9.97 Å². The molecular formula is C10H4Cl2FIN2. The maximum Gasteiger partial charge on any atom is 0.162 e. The molecule has 0 fully saturated rings. The number of nitrogens with zero attached hydrogens (tertiary/aromatic N) is 2. The molecule has 1 heterocycles. The molecule has 0 aliphatic carbocycles. The summed E-state index contributed by atoms with van der Waals surface area (Å²) >= 11 is 13.8. The SMILES string of the molecule is Fc1ccc(-c2ncc(I)c(Cl)n2)c(Cl)c1. The number of aromatic nitrogens is 2. The molecule has 2 aromatic rings. The summed E-state index contributed by atoms with van der Waals surface area (Å²) in [7, 11) is 0. The molecule has 2 rings (SSSR count). The fourth-order valence-corrected chi connectivity index (χ4v) is 1.79. The van der Waals surface area contributed by atoms with Crippen molar-refractivity contribution < 1.29 is 4.39 Å². The molecule has 0 aliphatic rings. The van der Waals surface area contributed by atoms with E-state index in [1.54, 1.807) is 6.20 Å². The van der Waals surface area contributed by atoms with Gasteiger partial charge in [-0.15, -0.1) is 0 Å². The molecule has 0 radical (unpaired) electrons. The molecule has 6 heteroatoms. The van der Waals surface area contributed by atoms with Crippen molar-refractivity contribution in [1.29, 1.82) is 0 Å². The Morgan fingerprint density at radius 3 is 2.62 bits per heavy atom.